The number of H-pyrrole nitrogens is 1. The van der Waals surface area contributed by atoms with Crippen molar-refractivity contribution < 1.29 is 9.90 Å². The van der Waals surface area contributed by atoms with Crippen LogP contribution in [0, 0.1) is 0 Å². The molecule has 0 aliphatic carbocycles. The van der Waals surface area contributed by atoms with Gasteiger partial charge in [0.15, 0.2) is 5.78 Å². The molecule has 2 rings (SSSR count). The monoisotopic (exact) mass is 204 g/mol. The van der Waals surface area contributed by atoms with Crippen molar-refractivity contribution in [2.24, 2.45) is 0 Å². The number of ketones is 1. The molecule has 1 heterocycles. The summed E-state index contributed by atoms with van der Waals surface area (Å²) < 4.78 is 0. The third-order valence-corrected chi connectivity index (χ3v) is 1.96. The molecule has 0 fully saturated rings. The zero-order valence-electron chi connectivity index (χ0n) is 7.71. The van der Waals surface area contributed by atoms with Gasteiger partial charge in [0.25, 0.3) is 0 Å². The van der Waals surface area contributed by atoms with Crippen molar-refractivity contribution in [2.45, 2.75) is 0 Å². The van der Waals surface area contributed by atoms with Gasteiger partial charge < -0.3 is 5.11 Å². The number of aromatic amines is 1. The van der Waals surface area contributed by atoms with Gasteiger partial charge in [0.05, 0.1) is 0 Å². The van der Waals surface area contributed by atoms with Gasteiger partial charge >= 0.3 is 0 Å². The molecule has 1 aromatic carbocycles. The second kappa shape index (κ2) is 3.97. The van der Waals surface area contributed by atoms with Crippen molar-refractivity contribution >= 4 is 5.78 Å². The Balaban J connectivity index is 2.52. The maximum absolute atomic E-state index is 11.4. The number of carbonyl (C=O) groups excluding carboxylic acids is 1. The quantitative estimate of drug-likeness (QED) is 0.689. The van der Waals surface area contributed by atoms with Crippen molar-refractivity contribution in [1.29, 1.82) is 0 Å². The lowest BCUT2D eigenvalue weighted by atomic mass is 10.0. The predicted octanol–water partition coefficient (Wildman–Crippen LogP) is 0.0417. The summed E-state index contributed by atoms with van der Waals surface area (Å²) in [4.78, 5) is 11.4. The normalized spacial score (nSPS) is 10.2. The van der Waals surface area contributed by atoms with E-state index in [4.69, 9.17) is 5.11 Å². The lowest BCUT2D eigenvalue weighted by Crippen LogP contribution is -2.06. The van der Waals surface area contributed by atoms with Gasteiger partial charge in [0.2, 0.25) is 5.82 Å². The summed E-state index contributed by atoms with van der Waals surface area (Å²) in [5, 5.41) is 22.1. The van der Waals surface area contributed by atoms with Crippen molar-refractivity contribution in [1.82, 2.24) is 20.6 Å². The van der Waals surface area contributed by atoms with Crippen LogP contribution in [0.25, 0.3) is 11.4 Å². The highest BCUT2D eigenvalue weighted by atomic mass is 16.3. The molecule has 15 heavy (non-hydrogen) atoms. The number of aromatic nitrogens is 4. The van der Waals surface area contributed by atoms with Crippen LogP contribution in [-0.2, 0) is 0 Å². The summed E-state index contributed by atoms with van der Waals surface area (Å²) in [5.41, 5.74) is 0.951. The Hall–Kier alpha value is -2.08. The molecule has 76 valence electrons. The standard InChI is InChI=1S/C9H8N4O2/c14-5-8(15)6-3-1-2-4-7(6)9-10-12-13-11-9/h1-4,14H,5H2,(H,10,11,12,13). The first-order valence-electron chi connectivity index (χ1n) is 4.30. The number of Topliss-reactive ketones (excluding diaryl/α,β-unsaturated/α-hetero) is 1. The van der Waals surface area contributed by atoms with Crippen LogP contribution in [0.2, 0.25) is 0 Å². The van der Waals surface area contributed by atoms with E-state index in [0.29, 0.717) is 17.0 Å². The molecule has 0 saturated heterocycles. The van der Waals surface area contributed by atoms with Gasteiger partial charge in [-0.05, 0) is 5.21 Å². The molecule has 2 aromatic rings. The predicted molar refractivity (Wildman–Crippen MR) is 51.0 cm³/mol. The number of aliphatic hydroxyl groups is 1. The van der Waals surface area contributed by atoms with E-state index in [1.807, 2.05) is 0 Å². The average molecular weight is 204 g/mol. The third kappa shape index (κ3) is 1.75. The van der Waals surface area contributed by atoms with Crippen molar-refractivity contribution in [3.63, 3.8) is 0 Å². The van der Waals surface area contributed by atoms with E-state index in [1.165, 1.54) is 0 Å². The second-order valence-corrected chi connectivity index (χ2v) is 2.86. The highest BCUT2D eigenvalue weighted by molar-refractivity contribution is 6.02. The Morgan fingerprint density at radius 2 is 2.20 bits per heavy atom. The Morgan fingerprint density at radius 1 is 1.40 bits per heavy atom. The van der Waals surface area contributed by atoms with Gasteiger partial charge in [-0.3, -0.25) is 4.79 Å². The van der Waals surface area contributed by atoms with Crippen LogP contribution in [0.3, 0.4) is 0 Å². The van der Waals surface area contributed by atoms with Crippen LogP contribution >= 0.6 is 0 Å². The Bertz CT molecular complexity index is 467. The first-order valence-corrected chi connectivity index (χ1v) is 4.30. The fourth-order valence-electron chi connectivity index (χ4n) is 1.28. The van der Waals surface area contributed by atoms with Crippen molar-refractivity contribution in [3.8, 4) is 11.4 Å². The number of hydrogen-bond acceptors (Lipinski definition) is 5. The fourth-order valence-corrected chi connectivity index (χ4v) is 1.28. The topological polar surface area (TPSA) is 91.8 Å². The molecule has 0 atom stereocenters. The summed E-state index contributed by atoms with van der Waals surface area (Å²) in [5.74, 6) is -0.0252. The number of benzene rings is 1. The summed E-state index contributed by atoms with van der Waals surface area (Å²) in [6, 6.07) is 6.80. The van der Waals surface area contributed by atoms with Gasteiger partial charge in [-0.25, -0.2) is 0 Å². The summed E-state index contributed by atoms with van der Waals surface area (Å²) >= 11 is 0. The Kier molecular flexibility index (Phi) is 2.51. The molecule has 2 N–H and O–H groups in total. The van der Waals surface area contributed by atoms with Crippen LogP contribution in [0.1, 0.15) is 10.4 Å². The van der Waals surface area contributed by atoms with Crippen LogP contribution in [0.5, 0.6) is 0 Å². The summed E-state index contributed by atoms with van der Waals surface area (Å²) in [7, 11) is 0. The maximum atomic E-state index is 11.4. The van der Waals surface area contributed by atoms with E-state index in [-0.39, 0.29) is 5.78 Å². The number of nitrogens with zero attached hydrogens (tertiary/aromatic N) is 3. The van der Waals surface area contributed by atoms with Crippen LogP contribution in [0.15, 0.2) is 24.3 Å². The molecule has 0 aliphatic heterocycles. The van der Waals surface area contributed by atoms with Gasteiger partial charge in [-0.2, -0.15) is 5.21 Å². The van der Waals surface area contributed by atoms with Gasteiger partial charge in [0, 0.05) is 11.1 Å². The smallest absolute Gasteiger partial charge is 0.205 e. The molecule has 6 nitrogen and oxygen atoms in total. The largest absolute Gasteiger partial charge is 0.388 e. The van der Waals surface area contributed by atoms with Crippen molar-refractivity contribution in [2.75, 3.05) is 6.61 Å². The minimum absolute atomic E-state index is 0.340. The van der Waals surface area contributed by atoms with E-state index < -0.39 is 6.61 Å². The summed E-state index contributed by atoms with van der Waals surface area (Å²) in [6.07, 6.45) is 0. The lowest BCUT2D eigenvalue weighted by Gasteiger charge is -2.02. The Morgan fingerprint density at radius 3 is 2.87 bits per heavy atom. The first-order chi connectivity index (χ1) is 7.33. The van der Waals surface area contributed by atoms with Gasteiger partial charge in [0.1, 0.15) is 6.61 Å². The number of hydrogen-bond donors (Lipinski definition) is 2. The average Bonchev–Trinajstić information content (AvgIpc) is 2.81. The molecule has 0 spiro atoms. The number of aliphatic hydroxyl groups excluding tert-OH is 1. The van der Waals surface area contributed by atoms with Gasteiger partial charge in [-0.15, -0.1) is 10.2 Å². The molecule has 6 heteroatoms. The molecule has 0 saturated carbocycles. The molecule has 0 unspecified atom stereocenters. The second-order valence-electron chi connectivity index (χ2n) is 2.86. The minimum atomic E-state index is -0.533. The SMILES string of the molecule is O=C(CO)c1ccccc1-c1nn[nH]n1. The van der Waals surface area contributed by atoms with E-state index in [1.54, 1.807) is 24.3 Å². The van der Waals surface area contributed by atoms with Crippen molar-refractivity contribution in [3.05, 3.63) is 29.8 Å². The lowest BCUT2D eigenvalue weighted by molar-refractivity contribution is 0.0904. The van der Waals surface area contributed by atoms with Crippen LogP contribution in [-0.4, -0.2) is 38.1 Å². The number of rotatable bonds is 3. The molecular formula is C9H8N4O2. The third-order valence-electron chi connectivity index (χ3n) is 1.96. The number of carbonyl (C=O) groups is 1. The number of tetrazole rings is 1. The van der Waals surface area contributed by atoms with Crippen LogP contribution < -0.4 is 0 Å². The molecule has 0 amide bonds. The fraction of sp³-hybridized carbons (Fsp3) is 0.111. The number of nitrogens with one attached hydrogen (secondary N) is 1. The van der Waals surface area contributed by atoms with Gasteiger partial charge in [-0.1, -0.05) is 24.3 Å². The minimum Gasteiger partial charge on any atom is -0.388 e. The Labute approximate surface area is 84.9 Å². The van der Waals surface area contributed by atoms with E-state index in [9.17, 15) is 4.79 Å². The molecule has 0 bridgehead atoms. The highest BCUT2D eigenvalue weighted by Crippen LogP contribution is 2.18. The summed E-state index contributed by atoms with van der Waals surface area (Å²) in [6.45, 7) is -0.533. The van der Waals surface area contributed by atoms with E-state index in [0.717, 1.165) is 0 Å². The van der Waals surface area contributed by atoms with E-state index >= 15 is 0 Å². The van der Waals surface area contributed by atoms with Crippen LogP contribution in [0.4, 0.5) is 0 Å². The molecule has 0 aliphatic rings. The molecule has 0 radical (unpaired) electrons. The maximum Gasteiger partial charge on any atom is 0.205 e. The molecule has 1 aromatic heterocycles. The first kappa shape index (κ1) is 9.47. The zero-order chi connectivity index (χ0) is 10.7. The van der Waals surface area contributed by atoms with E-state index in [2.05, 4.69) is 20.6 Å². The molecular weight excluding hydrogens is 196 g/mol. The highest BCUT2D eigenvalue weighted by Gasteiger charge is 2.13. The zero-order valence-corrected chi connectivity index (χ0v) is 7.71.